The van der Waals surface area contributed by atoms with Crippen LogP contribution < -0.4 is 0 Å². The molecule has 0 nitrogen and oxygen atoms in total. The molecule has 0 amide bonds. The molecule has 0 bridgehead atoms. The number of unbranched alkanes of at least 4 members (excludes halogenated alkanes) is 13. The van der Waals surface area contributed by atoms with Gasteiger partial charge in [0.15, 0.2) is 0 Å². The van der Waals surface area contributed by atoms with Crippen LogP contribution in [0.1, 0.15) is 144 Å². The van der Waals surface area contributed by atoms with Gasteiger partial charge >= 0.3 is 0 Å². The number of halogens is 2. The van der Waals surface area contributed by atoms with Crippen molar-refractivity contribution in [3.05, 3.63) is 106 Å². The molecule has 0 N–H and O–H groups in total. The highest BCUT2D eigenvalue weighted by molar-refractivity contribution is 5.49. The lowest BCUT2D eigenvalue weighted by molar-refractivity contribution is 0.575. The summed E-state index contributed by atoms with van der Waals surface area (Å²) in [5.41, 5.74) is 4.25. The smallest absolute Gasteiger partial charge is 0.143 e. The van der Waals surface area contributed by atoms with E-state index in [4.69, 9.17) is 0 Å². The lowest BCUT2D eigenvalue weighted by atomic mass is 10.0. The zero-order valence-corrected chi connectivity index (χ0v) is 26.6. The summed E-state index contributed by atoms with van der Waals surface area (Å²) in [6.07, 6.45) is 21.7. The normalized spacial score (nSPS) is 10.6. The molecule has 0 aliphatic heterocycles. The Morgan fingerprint density at radius 3 is 1.19 bits per heavy atom. The highest BCUT2D eigenvalue weighted by atomic mass is 19.1. The maximum Gasteiger partial charge on any atom is 0.143 e. The maximum absolute atomic E-state index is 14.8. The van der Waals surface area contributed by atoms with Gasteiger partial charge in [-0.1, -0.05) is 145 Å². The Bertz CT molecular complexity index is 1300. The molecule has 0 fully saturated rings. The van der Waals surface area contributed by atoms with Crippen LogP contribution in [-0.2, 0) is 12.8 Å². The van der Waals surface area contributed by atoms with Crippen LogP contribution in [-0.4, -0.2) is 0 Å². The molecule has 0 spiro atoms. The molecule has 3 aromatic rings. The van der Waals surface area contributed by atoms with Crippen molar-refractivity contribution in [2.75, 3.05) is 0 Å². The predicted octanol–water partition coefficient (Wildman–Crippen LogP) is 11.7. The number of aryl methyl sites for hydroxylation is 2. The standard InChI is InChI=1S/C41H50F2/c1-3-5-7-9-11-13-15-17-19-34-20-24-36(25-21-34)28-29-38-32-40(42)39(41(43)33-38)31-30-37-26-22-35(23-27-37)18-16-14-12-10-8-6-4-2/h20-27,32-33H,3-19H2,1-2H3. The maximum atomic E-state index is 14.8. The summed E-state index contributed by atoms with van der Waals surface area (Å²) in [4.78, 5) is 0. The summed E-state index contributed by atoms with van der Waals surface area (Å²) in [7, 11) is 0. The summed E-state index contributed by atoms with van der Waals surface area (Å²) in [5.74, 6) is 10.2. The van der Waals surface area contributed by atoms with Crippen molar-refractivity contribution in [2.45, 2.75) is 123 Å². The van der Waals surface area contributed by atoms with E-state index in [1.165, 1.54) is 120 Å². The van der Waals surface area contributed by atoms with Gasteiger partial charge in [0, 0.05) is 16.7 Å². The Kier molecular flexibility index (Phi) is 16.3. The van der Waals surface area contributed by atoms with Gasteiger partial charge in [-0.05, 0) is 73.2 Å². The third kappa shape index (κ3) is 13.7. The van der Waals surface area contributed by atoms with Crippen molar-refractivity contribution < 1.29 is 8.78 Å². The zero-order valence-electron chi connectivity index (χ0n) is 26.6. The lowest BCUT2D eigenvalue weighted by Gasteiger charge is -2.03. The van der Waals surface area contributed by atoms with E-state index in [1.807, 2.05) is 24.3 Å². The molecule has 0 saturated heterocycles. The molecule has 0 aromatic heterocycles. The first kappa shape index (κ1) is 34.1. The number of benzene rings is 3. The Balaban J connectivity index is 1.47. The van der Waals surface area contributed by atoms with Gasteiger partial charge in [-0.15, -0.1) is 0 Å². The largest absolute Gasteiger partial charge is 0.205 e. The third-order valence-electron chi connectivity index (χ3n) is 8.02. The fourth-order valence-electron chi connectivity index (χ4n) is 5.30. The monoisotopic (exact) mass is 580 g/mol. The van der Waals surface area contributed by atoms with E-state index in [2.05, 4.69) is 61.8 Å². The summed E-state index contributed by atoms with van der Waals surface area (Å²) in [5, 5.41) is 0. The zero-order chi connectivity index (χ0) is 30.5. The Hall–Kier alpha value is -3.36. The van der Waals surface area contributed by atoms with Crippen molar-refractivity contribution >= 4 is 0 Å². The lowest BCUT2D eigenvalue weighted by Crippen LogP contribution is -1.93. The molecule has 0 atom stereocenters. The van der Waals surface area contributed by atoms with Crippen LogP contribution in [0, 0.1) is 35.3 Å². The van der Waals surface area contributed by atoms with Crippen LogP contribution in [0.5, 0.6) is 0 Å². The first-order chi connectivity index (χ1) is 21.1. The minimum absolute atomic E-state index is 0.219. The van der Waals surface area contributed by atoms with Crippen LogP contribution >= 0.6 is 0 Å². The van der Waals surface area contributed by atoms with Crippen molar-refractivity contribution in [3.63, 3.8) is 0 Å². The fourth-order valence-corrected chi connectivity index (χ4v) is 5.30. The van der Waals surface area contributed by atoms with Crippen molar-refractivity contribution in [1.29, 1.82) is 0 Å². The second-order valence-corrected chi connectivity index (χ2v) is 11.8. The van der Waals surface area contributed by atoms with E-state index in [9.17, 15) is 8.78 Å². The van der Waals surface area contributed by atoms with Crippen LogP contribution in [0.2, 0.25) is 0 Å². The molecule has 0 aliphatic rings. The SMILES string of the molecule is CCCCCCCCCCc1ccc(C#Cc2cc(F)c(C#Cc3ccc(CCCCCCCCC)cc3)c(F)c2)cc1. The number of hydrogen-bond acceptors (Lipinski definition) is 0. The Morgan fingerprint density at radius 1 is 0.419 bits per heavy atom. The predicted molar refractivity (Wildman–Crippen MR) is 179 cm³/mol. The molecule has 0 radical (unpaired) electrons. The van der Waals surface area contributed by atoms with Gasteiger partial charge in [0.25, 0.3) is 0 Å². The summed E-state index contributed by atoms with van der Waals surface area (Å²) in [6.45, 7) is 4.49. The second-order valence-electron chi connectivity index (χ2n) is 11.8. The van der Waals surface area contributed by atoms with Crippen LogP contribution in [0.3, 0.4) is 0 Å². The van der Waals surface area contributed by atoms with Crippen LogP contribution in [0.25, 0.3) is 0 Å². The Labute approximate surface area is 260 Å². The summed E-state index contributed by atoms with van der Waals surface area (Å²) in [6, 6.07) is 18.7. The molecule has 43 heavy (non-hydrogen) atoms. The van der Waals surface area contributed by atoms with Gasteiger partial charge < -0.3 is 0 Å². The molecule has 2 heteroatoms. The highest BCUT2D eigenvalue weighted by Gasteiger charge is 2.08. The van der Waals surface area contributed by atoms with Crippen molar-refractivity contribution in [3.8, 4) is 23.7 Å². The van der Waals surface area contributed by atoms with Gasteiger partial charge in [-0.25, -0.2) is 8.78 Å². The molecule has 0 aliphatic carbocycles. The van der Waals surface area contributed by atoms with E-state index in [-0.39, 0.29) is 5.56 Å². The number of rotatable bonds is 17. The van der Waals surface area contributed by atoms with E-state index in [0.29, 0.717) is 5.56 Å². The summed E-state index contributed by atoms with van der Waals surface area (Å²) >= 11 is 0. The van der Waals surface area contributed by atoms with Gasteiger partial charge in [0.2, 0.25) is 0 Å². The van der Waals surface area contributed by atoms with Gasteiger partial charge in [0.05, 0.1) is 5.56 Å². The highest BCUT2D eigenvalue weighted by Crippen LogP contribution is 2.16. The van der Waals surface area contributed by atoms with Crippen LogP contribution in [0.15, 0.2) is 60.7 Å². The molecule has 0 heterocycles. The van der Waals surface area contributed by atoms with Gasteiger partial charge in [-0.2, -0.15) is 0 Å². The second kappa shape index (κ2) is 20.5. The quantitative estimate of drug-likeness (QED) is 0.110. The molecule has 228 valence electrons. The fraction of sp³-hybridized carbons (Fsp3) is 0.463. The van der Waals surface area contributed by atoms with E-state index in [1.54, 1.807) is 0 Å². The first-order valence-electron chi connectivity index (χ1n) is 16.8. The average molecular weight is 581 g/mol. The molecular formula is C41H50F2. The third-order valence-corrected chi connectivity index (χ3v) is 8.02. The summed E-state index contributed by atoms with van der Waals surface area (Å²) < 4.78 is 29.5. The first-order valence-corrected chi connectivity index (χ1v) is 16.8. The van der Waals surface area contributed by atoms with Gasteiger partial charge in [0.1, 0.15) is 11.6 Å². The average Bonchev–Trinajstić information content (AvgIpc) is 3.01. The van der Waals surface area contributed by atoms with Crippen molar-refractivity contribution in [2.24, 2.45) is 0 Å². The molecule has 3 rings (SSSR count). The molecule has 0 saturated carbocycles. The van der Waals surface area contributed by atoms with E-state index in [0.717, 1.165) is 24.0 Å². The molecule has 0 unspecified atom stereocenters. The minimum atomic E-state index is -0.687. The molecular weight excluding hydrogens is 530 g/mol. The Morgan fingerprint density at radius 2 is 0.767 bits per heavy atom. The van der Waals surface area contributed by atoms with E-state index < -0.39 is 11.6 Å². The molecule has 3 aromatic carbocycles. The topological polar surface area (TPSA) is 0 Å². The van der Waals surface area contributed by atoms with Crippen LogP contribution in [0.4, 0.5) is 8.78 Å². The number of hydrogen-bond donors (Lipinski definition) is 0. The van der Waals surface area contributed by atoms with Crippen molar-refractivity contribution in [1.82, 2.24) is 0 Å². The minimum Gasteiger partial charge on any atom is -0.205 e. The van der Waals surface area contributed by atoms with E-state index >= 15 is 0 Å². The van der Waals surface area contributed by atoms with Gasteiger partial charge in [-0.3, -0.25) is 0 Å².